The molecule has 31 heavy (non-hydrogen) atoms. The number of urea groups is 1. The van der Waals surface area contributed by atoms with Gasteiger partial charge in [-0.15, -0.1) is 0 Å². The number of carbonyl (C=O) groups is 3. The van der Waals surface area contributed by atoms with Crippen molar-refractivity contribution in [1.82, 2.24) is 15.5 Å². The van der Waals surface area contributed by atoms with Crippen molar-refractivity contribution in [3.8, 4) is 0 Å². The molecule has 1 aliphatic carbocycles. The fourth-order valence-corrected chi connectivity index (χ4v) is 3.88. The van der Waals surface area contributed by atoms with E-state index in [4.69, 9.17) is 11.6 Å². The second-order valence-electron chi connectivity index (χ2n) is 7.93. The SMILES string of the molecule is CN(C)C(=O)c1cc(NC(=O)C2(NC(=O)NCc3ccccc3)CCCC2)ccc1Cl. The van der Waals surface area contributed by atoms with Gasteiger partial charge in [0, 0.05) is 26.3 Å². The number of anilines is 1. The van der Waals surface area contributed by atoms with Crippen LogP contribution in [0.25, 0.3) is 0 Å². The van der Waals surface area contributed by atoms with Gasteiger partial charge < -0.3 is 20.9 Å². The minimum atomic E-state index is -0.994. The number of hydrogen-bond donors (Lipinski definition) is 3. The Kier molecular flexibility index (Phi) is 7.17. The third kappa shape index (κ3) is 5.55. The summed E-state index contributed by atoms with van der Waals surface area (Å²) in [7, 11) is 3.27. The lowest BCUT2D eigenvalue weighted by Crippen LogP contribution is -2.57. The molecule has 7 nitrogen and oxygen atoms in total. The van der Waals surface area contributed by atoms with Crippen molar-refractivity contribution in [2.24, 2.45) is 0 Å². The van der Waals surface area contributed by atoms with Crippen LogP contribution >= 0.6 is 11.6 Å². The molecular weight excluding hydrogens is 416 g/mol. The van der Waals surface area contributed by atoms with Gasteiger partial charge in [-0.2, -0.15) is 0 Å². The highest BCUT2D eigenvalue weighted by atomic mass is 35.5. The molecule has 164 valence electrons. The Balaban J connectivity index is 1.69. The molecule has 1 saturated carbocycles. The summed E-state index contributed by atoms with van der Waals surface area (Å²) in [6.07, 6.45) is 2.79. The van der Waals surface area contributed by atoms with Gasteiger partial charge in [0.2, 0.25) is 5.91 Å². The lowest BCUT2D eigenvalue weighted by atomic mass is 9.96. The Morgan fingerprint density at radius 2 is 1.71 bits per heavy atom. The van der Waals surface area contributed by atoms with E-state index in [1.165, 1.54) is 4.90 Å². The van der Waals surface area contributed by atoms with Crippen molar-refractivity contribution in [1.29, 1.82) is 0 Å². The predicted octanol–water partition coefficient (Wildman–Crippen LogP) is 3.79. The van der Waals surface area contributed by atoms with Crippen LogP contribution in [-0.4, -0.2) is 42.4 Å². The second kappa shape index (κ2) is 9.83. The fraction of sp³-hybridized carbons (Fsp3) is 0.348. The summed E-state index contributed by atoms with van der Waals surface area (Å²) in [5.74, 6) is -0.555. The van der Waals surface area contributed by atoms with Gasteiger partial charge in [0.25, 0.3) is 5.91 Å². The standard InChI is InChI=1S/C23H27ClN4O3/c1-28(2)20(29)18-14-17(10-11-19(18)24)26-21(30)23(12-6-7-13-23)27-22(31)25-15-16-8-4-3-5-9-16/h3-5,8-11,14H,6-7,12-13,15H2,1-2H3,(H,26,30)(H2,25,27,31). The third-order valence-corrected chi connectivity index (χ3v) is 5.73. The molecule has 8 heteroatoms. The summed E-state index contributed by atoms with van der Waals surface area (Å²) in [6.45, 7) is 0.373. The fourth-order valence-electron chi connectivity index (χ4n) is 3.69. The number of halogens is 1. The molecule has 0 atom stereocenters. The molecule has 0 radical (unpaired) electrons. The average Bonchev–Trinajstić information content (AvgIpc) is 3.23. The van der Waals surface area contributed by atoms with Gasteiger partial charge in [-0.1, -0.05) is 54.8 Å². The van der Waals surface area contributed by atoms with E-state index in [0.717, 1.165) is 18.4 Å². The van der Waals surface area contributed by atoms with Crippen molar-refractivity contribution < 1.29 is 14.4 Å². The highest BCUT2D eigenvalue weighted by Crippen LogP contribution is 2.31. The molecule has 0 bridgehead atoms. The summed E-state index contributed by atoms with van der Waals surface area (Å²) < 4.78 is 0. The monoisotopic (exact) mass is 442 g/mol. The summed E-state index contributed by atoms with van der Waals surface area (Å²) in [5.41, 5.74) is 0.740. The van der Waals surface area contributed by atoms with Crippen molar-refractivity contribution in [2.45, 2.75) is 37.8 Å². The zero-order valence-electron chi connectivity index (χ0n) is 17.7. The molecule has 1 aliphatic rings. The first-order chi connectivity index (χ1) is 14.8. The molecule has 2 aromatic carbocycles. The average molecular weight is 443 g/mol. The van der Waals surface area contributed by atoms with Gasteiger partial charge in [-0.3, -0.25) is 9.59 Å². The molecule has 3 N–H and O–H groups in total. The van der Waals surface area contributed by atoms with Crippen LogP contribution < -0.4 is 16.0 Å². The maximum Gasteiger partial charge on any atom is 0.315 e. The number of rotatable bonds is 6. The Morgan fingerprint density at radius 3 is 2.35 bits per heavy atom. The summed E-state index contributed by atoms with van der Waals surface area (Å²) in [6, 6.07) is 14.0. The molecule has 1 fully saturated rings. The van der Waals surface area contributed by atoms with E-state index in [1.54, 1.807) is 32.3 Å². The smallest absolute Gasteiger partial charge is 0.315 e. The second-order valence-corrected chi connectivity index (χ2v) is 8.34. The van der Waals surface area contributed by atoms with Crippen molar-refractivity contribution >= 4 is 35.1 Å². The quantitative estimate of drug-likeness (QED) is 0.635. The molecule has 3 rings (SSSR count). The van der Waals surface area contributed by atoms with Crippen molar-refractivity contribution in [3.63, 3.8) is 0 Å². The first kappa shape index (κ1) is 22.6. The van der Waals surface area contributed by atoms with E-state index in [9.17, 15) is 14.4 Å². The maximum absolute atomic E-state index is 13.2. The van der Waals surface area contributed by atoms with E-state index < -0.39 is 5.54 Å². The van der Waals surface area contributed by atoms with Crippen LogP contribution in [-0.2, 0) is 11.3 Å². The molecule has 0 aliphatic heterocycles. The van der Waals surface area contributed by atoms with Gasteiger partial charge in [0.1, 0.15) is 5.54 Å². The normalized spacial score (nSPS) is 14.5. The minimum absolute atomic E-state index is 0.255. The van der Waals surface area contributed by atoms with Gasteiger partial charge in [-0.05, 0) is 36.6 Å². The Bertz CT molecular complexity index is 957. The van der Waals surface area contributed by atoms with Gasteiger partial charge in [0.05, 0.1) is 10.6 Å². The number of nitrogens with one attached hydrogen (secondary N) is 3. The first-order valence-electron chi connectivity index (χ1n) is 10.2. The van der Waals surface area contributed by atoms with E-state index in [-0.39, 0.29) is 17.8 Å². The zero-order valence-corrected chi connectivity index (χ0v) is 18.5. The molecule has 0 heterocycles. The number of benzene rings is 2. The lowest BCUT2D eigenvalue weighted by Gasteiger charge is -2.29. The van der Waals surface area contributed by atoms with Crippen LogP contribution in [0, 0.1) is 0 Å². The first-order valence-corrected chi connectivity index (χ1v) is 10.6. The molecule has 4 amide bonds. The summed E-state index contributed by atoms with van der Waals surface area (Å²) in [4.78, 5) is 39.4. The Labute approximate surface area is 187 Å². The highest BCUT2D eigenvalue weighted by Gasteiger charge is 2.42. The summed E-state index contributed by atoms with van der Waals surface area (Å²) >= 11 is 6.15. The molecule has 0 aromatic heterocycles. The van der Waals surface area contributed by atoms with Crippen molar-refractivity contribution in [2.75, 3.05) is 19.4 Å². The highest BCUT2D eigenvalue weighted by molar-refractivity contribution is 6.34. The lowest BCUT2D eigenvalue weighted by molar-refractivity contribution is -0.121. The molecule has 0 saturated heterocycles. The number of hydrogen-bond acceptors (Lipinski definition) is 3. The van der Waals surface area contributed by atoms with Crippen molar-refractivity contribution in [3.05, 3.63) is 64.7 Å². The van der Waals surface area contributed by atoms with Crippen LogP contribution in [0.2, 0.25) is 5.02 Å². The molecule has 0 spiro atoms. The molecular formula is C23H27ClN4O3. The third-order valence-electron chi connectivity index (χ3n) is 5.40. The van der Waals surface area contributed by atoms with E-state index in [0.29, 0.717) is 35.7 Å². The zero-order chi connectivity index (χ0) is 22.4. The summed E-state index contributed by atoms with van der Waals surface area (Å²) in [5, 5.41) is 8.87. The van der Waals surface area contributed by atoms with Crippen LogP contribution in [0.3, 0.4) is 0 Å². The largest absolute Gasteiger partial charge is 0.345 e. The van der Waals surface area contributed by atoms with Gasteiger partial charge in [-0.25, -0.2) is 4.79 Å². The predicted molar refractivity (Wildman–Crippen MR) is 121 cm³/mol. The maximum atomic E-state index is 13.2. The van der Waals surface area contributed by atoms with Gasteiger partial charge in [0.15, 0.2) is 0 Å². The number of amides is 4. The van der Waals surface area contributed by atoms with Crippen LogP contribution in [0.4, 0.5) is 10.5 Å². The number of carbonyl (C=O) groups excluding carboxylic acids is 3. The van der Waals surface area contributed by atoms with Gasteiger partial charge >= 0.3 is 6.03 Å². The van der Waals surface area contributed by atoms with Crippen LogP contribution in [0.5, 0.6) is 0 Å². The van der Waals surface area contributed by atoms with Crippen LogP contribution in [0.1, 0.15) is 41.6 Å². The molecule has 0 unspecified atom stereocenters. The Morgan fingerprint density at radius 1 is 1.03 bits per heavy atom. The number of nitrogens with zero attached hydrogens (tertiary/aromatic N) is 1. The van der Waals surface area contributed by atoms with E-state index >= 15 is 0 Å². The Hall–Kier alpha value is -3.06. The van der Waals surface area contributed by atoms with E-state index in [1.807, 2.05) is 30.3 Å². The van der Waals surface area contributed by atoms with E-state index in [2.05, 4.69) is 16.0 Å². The molecule has 2 aromatic rings. The minimum Gasteiger partial charge on any atom is -0.345 e. The topological polar surface area (TPSA) is 90.5 Å². The van der Waals surface area contributed by atoms with Crippen LogP contribution in [0.15, 0.2) is 48.5 Å².